The Morgan fingerprint density at radius 3 is 2.67 bits per heavy atom. The first-order chi connectivity index (χ1) is 9.90. The number of carboxylic acids is 1. The van der Waals surface area contributed by atoms with Gasteiger partial charge < -0.3 is 15.5 Å². The summed E-state index contributed by atoms with van der Waals surface area (Å²) < 4.78 is 0. The van der Waals surface area contributed by atoms with Crippen LogP contribution in [0, 0.1) is 5.92 Å². The van der Waals surface area contributed by atoms with Crippen LogP contribution in [0.3, 0.4) is 0 Å². The summed E-state index contributed by atoms with van der Waals surface area (Å²) in [6, 6.07) is 5.76. The molecule has 6 nitrogen and oxygen atoms in total. The molecule has 114 valence electrons. The number of rotatable bonds is 3. The molecule has 1 aliphatic heterocycles. The third-order valence-electron chi connectivity index (χ3n) is 3.62. The van der Waals surface area contributed by atoms with E-state index < -0.39 is 24.1 Å². The lowest BCUT2D eigenvalue weighted by Gasteiger charge is -2.34. The van der Waals surface area contributed by atoms with E-state index in [2.05, 4.69) is 5.32 Å². The largest absolute Gasteiger partial charge is 0.480 e. The van der Waals surface area contributed by atoms with Crippen LogP contribution in [-0.2, 0) is 11.2 Å². The van der Waals surface area contributed by atoms with Crippen molar-refractivity contribution < 1.29 is 19.8 Å². The molecule has 0 aromatic heterocycles. The molecule has 6 heteroatoms. The highest BCUT2D eigenvalue weighted by molar-refractivity contribution is 5.95. The van der Waals surface area contributed by atoms with Crippen LogP contribution in [0.2, 0.25) is 0 Å². The van der Waals surface area contributed by atoms with Gasteiger partial charge in [-0.25, -0.2) is 9.59 Å². The highest BCUT2D eigenvalue weighted by Gasteiger charge is 2.31. The first kappa shape index (κ1) is 15.3. The second-order valence-corrected chi connectivity index (χ2v) is 5.55. The Labute approximate surface area is 123 Å². The molecule has 2 amide bonds. The lowest BCUT2D eigenvalue weighted by molar-refractivity contribution is -0.141. The Morgan fingerprint density at radius 2 is 2.05 bits per heavy atom. The van der Waals surface area contributed by atoms with Gasteiger partial charge in [-0.05, 0) is 30.9 Å². The van der Waals surface area contributed by atoms with E-state index in [4.69, 9.17) is 5.11 Å². The van der Waals surface area contributed by atoms with Crippen molar-refractivity contribution >= 4 is 17.7 Å². The van der Waals surface area contributed by atoms with Gasteiger partial charge in [0.25, 0.3) is 0 Å². The van der Waals surface area contributed by atoms with Crippen LogP contribution >= 0.6 is 0 Å². The van der Waals surface area contributed by atoms with Crippen LogP contribution in [0.1, 0.15) is 19.4 Å². The van der Waals surface area contributed by atoms with Gasteiger partial charge in [0.2, 0.25) is 0 Å². The number of nitrogens with one attached hydrogen (secondary N) is 1. The number of fused-ring (bicyclic) bond motifs is 1. The summed E-state index contributed by atoms with van der Waals surface area (Å²) in [5.74, 6) is -0.961. The number of anilines is 1. The molecule has 1 unspecified atom stereocenters. The molecule has 0 bridgehead atoms. The van der Waals surface area contributed by atoms with E-state index in [1.807, 2.05) is 31.2 Å². The Balaban J connectivity index is 2.21. The van der Waals surface area contributed by atoms with Crippen molar-refractivity contribution in [2.45, 2.75) is 32.4 Å². The van der Waals surface area contributed by atoms with Crippen LogP contribution < -0.4 is 10.2 Å². The molecule has 21 heavy (non-hydrogen) atoms. The number of hydrogen-bond acceptors (Lipinski definition) is 3. The van der Waals surface area contributed by atoms with Gasteiger partial charge >= 0.3 is 12.0 Å². The number of carbonyl (C=O) groups is 2. The summed E-state index contributed by atoms with van der Waals surface area (Å²) in [6.07, 6.45) is -0.275. The molecule has 0 saturated heterocycles. The maximum Gasteiger partial charge on any atom is 0.328 e. The minimum Gasteiger partial charge on any atom is -0.480 e. The van der Waals surface area contributed by atoms with Crippen LogP contribution in [0.5, 0.6) is 0 Å². The maximum atomic E-state index is 12.4. The number of aliphatic carboxylic acids is 1. The molecule has 3 N–H and O–H groups in total. The number of carbonyl (C=O) groups excluding carboxylic acids is 1. The van der Waals surface area contributed by atoms with Gasteiger partial charge in [0.1, 0.15) is 0 Å². The van der Waals surface area contributed by atoms with Gasteiger partial charge in [0.05, 0.1) is 6.10 Å². The van der Waals surface area contributed by atoms with Crippen molar-refractivity contribution in [3.63, 3.8) is 0 Å². The van der Waals surface area contributed by atoms with Crippen LogP contribution in [0.25, 0.3) is 0 Å². The standard InChI is InChI=1S/C15H20N2O4/c1-9-7-11-5-3-4-6-12(11)17(8-9)15(21)16-13(10(2)18)14(19)20/h3-6,9-10,13,18H,7-8H2,1-2H3,(H,16,21)(H,19,20)/t9?,10-,13+/m1/s1. The number of hydrogen-bond donors (Lipinski definition) is 3. The lowest BCUT2D eigenvalue weighted by Crippen LogP contribution is -2.54. The van der Waals surface area contributed by atoms with E-state index in [0.29, 0.717) is 12.5 Å². The molecular formula is C15H20N2O4. The van der Waals surface area contributed by atoms with Gasteiger partial charge in [-0.3, -0.25) is 4.90 Å². The minimum absolute atomic E-state index is 0.292. The van der Waals surface area contributed by atoms with Gasteiger partial charge in [-0.15, -0.1) is 0 Å². The van der Waals surface area contributed by atoms with E-state index in [1.54, 1.807) is 4.90 Å². The molecule has 1 aromatic rings. The Morgan fingerprint density at radius 1 is 1.38 bits per heavy atom. The molecule has 0 aliphatic carbocycles. The van der Waals surface area contributed by atoms with Gasteiger partial charge in [0, 0.05) is 12.2 Å². The fourth-order valence-electron chi connectivity index (χ4n) is 2.59. The van der Waals surface area contributed by atoms with Crippen molar-refractivity contribution in [3.05, 3.63) is 29.8 Å². The zero-order chi connectivity index (χ0) is 15.6. The molecule has 1 aliphatic rings. The number of nitrogens with zero attached hydrogens (tertiary/aromatic N) is 1. The van der Waals surface area contributed by atoms with Crippen LogP contribution in [-0.4, -0.2) is 40.9 Å². The van der Waals surface area contributed by atoms with E-state index in [1.165, 1.54) is 6.92 Å². The van der Waals surface area contributed by atoms with E-state index in [0.717, 1.165) is 17.7 Å². The highest BCUT2D eigenvalue weighted by atomic mass is 16.4. The van der Waals surface area contributed by atoms with Crippen molar-refractivity contribution in [2.75, 3.05) is 11.4 Å². The van der Waals surface area contributed by atoms with E-state index in [-0.39, 0.29) is 0 Å². The summed E-state index contributed by atoms with van der Waals surface area (Å²) >= 11 is 0. The zero-order valence-corrected chi connectivity index (χ0v) is 12.1. The number of para-hydroxylation sites is 1. The third kappa shape index (κ3) is 3.33. The molecule has 0 fully saturated rings. The molecular weight excluding hydrogens is 272 g/mol. The van der Waals surface area contributed by atoms with Crippen LogP contribution in [0.4, 0.5) is 10.5 Å². The summed E-state index contributed by atoms with van der Waals surface area (Å²) in [5, 5.41) is 20.9. The predicted molar refractivity (Wildman–Crippen MR) is 78.3 cm³/mol. The summed E-state index contributed by atoms with van der Waals surface area (Å²) in [4.78, 5) is 25.0. The van der Waals surface area contributed by atoms with Crippen molar-refractivity contribution in [3.8, 4) is 0 Å². The molecule has 1 heterocycles. The van der Waals surface area contributed by atoms with Gasteiger partial charge in [-0.2, -0.15) is 0 Å². The number of carboxylic acid groups (broad SMARTS) is 1. The first-order valence-corrected chi connectivity index (χ1v) is 6.97. The zero-order valence-electron chi connectivity index (χ0n) is 12.1. The monoisotopic (exact) mass is 292 g/mol. The van der Waals surface area contributed by atoms with Crippen LogP contribution in [0.15, 0.2) is 24.3 Å². The van der Waals surface area contributed by atoms with Crippen molar-refractivity contribution in [1.29, 1.82) is 0 Å². The van der Waals surface area contributed by atoms with Gasteiger partial charge in [-0.1, -0.05) is 25.1 Å². The molecule has 1 aromatic carbocycles. The number of aliphatic hydroxyl groups excluding tert-OH is 1. The Bertz CT molecular complexity index is 544. The van der Waals surface area contributed by atoms with E-state index >= 15 is 0 Å². The fourth-order valence-corrected chi connectivity index (χ4v) is 2.59. The average Bonchev–Trinajstić information content (AvgIpc) is 2.42. The number of urea groups is 1. The molecule has 3 atom stereocenters. The topological polar surface area (TPSA) is 89.9 Å². The summed E-state index contributed by atoms with van der Waals surface area (Å²) in [7, 11) is 0. The molecule has 0 spiro atoms. The second-order valence-electron chi connectivity index (χ2n) is 5.55. The van der Waals surface area contributed by atoms with Gasteiger partial charge in [0.15, 0.2) is 6.04 Å². The second kappa shape index (κ2) is 6.13. The number of amides is 2. The molecule has 2 rings (SSSR count). The minimum atomic E-state index is -1.32. The lowest BCUT2D eigenvalue weighted by atomic mass is 9.94. The average molecular weight is 292 g/mol. The number of benzene rings is 1. The quantitative estimate of drug-likeness (QED) is 0.781. The highest BCUT2D eigenvalue weighted by Crippen LogP contribution is 2.29. The third-order valence-corrected chi connectivity index (χ3v) is 3.62. The summed E-state index contributed by atoms with van der Waals surface area (Å²) in [6.45, 7) is 3.90. The Kier molecular flexibility index (Phi) is 4.47. The molecule has 0 saturated carbocycles. The Hall–Kier alpha value is -2.08. The van der Waals surface area contributed by atoms with Crippen molar-refractivity contribution in [2.24, 2.45) is 5.92 Å². The normalized spacial score (nSPS) is 20.3. The smallest absolute Gasteiger partial charge is 0.328 e. The number of aliphatic hydroxyl groups is 1. The molecule has 0 radical (unpaired) electrons. The SMILES string of the molecule is CC1Cc2ccccc2N(C(=O)N[C@H](C(=O)O)[C@@H](C)O)C1. The summed E-state index contributed by atoms with van der Waals surface area (Å²) in [5.41, 5.74) is 1.86. The van der Waals surface area contributed by atoms with E-state index in [9.17, 15) is 14.7 Å². The first-order valence-electron chi connectivity index (χ1n) is 6.97. The van der Waals surface area contributed by atoms with Crippen molar-refractivity contribution in [1.82, 2.24) is 5.32 Å². The maximum absolute atomic E-state index is 12.4. The predicted octanol–water partition coefficient (Wildman–Crippen LogP) is 1.23. The fraction of sp³-hybridized carbons (Fsp3) is 0.467.